The predicted octanol–water partition coefficient (Wildman–Crippen LogP) is 5.49. The number of hydrogen-bond donors (Lipinski definition) is 1. The third kappa shape index (κ3) is 3.37. The van der Waals surface area contributed by atoms with Crippen LogP contribution in [0.1, 0.15) is 5.01 Å². The van der Waals surface area contributed by atoms with E-state index in [0.717, 1.165) is 43.7 Å². The van der Waals surface area contributed by atoms with Crippen molar-refractivity contribution in [3.8, 4) is 22.0 Å². The van der Waals surface area contributed by atoms with E-state index in [4.69, 9.17) is 9.97 Å². The number of aromatic nitrogens is 4. The molecule has 0 unspecified atom stereocenters. The summed E-state index contributed by atoms with van der Waals surface area (Å²) in [5.41, 5.74) is 3.03. The third-order valence-electron chi connectivity index (χ3n) is 4.28. The quantitative estimate of drug-likeness (QED) is 0.422. The number of para-hydroxylation sites is 1. The second-order valence-electron chi connectivity index (χ2n) is 6.15. The van der Waals surface area contributed by atoms with Gasteiger partial charge in [-0.2, -0.15) is 11.3 Å². The Labute approximate surface area is 169 Å². The molecule has 0 amide bonds. The minimum atomic E-state index is 0.564. The fourth-order valence-electron chi connectivity index (χ4n) is 2.91. The zero-order valence-electron chi connectivity index (χ0n) is 14.7. The summed E-state index contributed by atoms with van der Waals surface area (Å²) >= 11 is 3.23. The van der Waals surface area contributed by atoms with Gasteiger partial charge in [-0.25, -0.2) is 9.97 Å². The van der Waals surface area contributed by atoms with Crippen molar-refractivity contribution in [2.75, 3.05) is 5.32 Å². The second kappa shape index (κ2) is 7.46. The number of thiophene rings is 1. The Morgan fingerprint density at radius 3 is 2.54 bits per heavy atom. The summed E-state index contributed by atoms with van der Waals surface area (Å²) in [6.45, 7) is 0.564. The first-order chi connectivity index (χ1) is 13.9. The largest absolute Gasteiger partial charge is 0.363 e. The molecule has 0 aliphatic rings. The highest BCUT2D eigenvalue weighted by Crippen LogP contribution is 2.27. The first-order valence-corrected chi connectivity index (χ1v) is 10.5. The highest BCUT2D eigenvalue weighted by molar-refractivity contribution is 7.14. The number of nitrogens with one attached hydrogen (secondary N) is 1. The van der Waals surface area contributed by atoms with Crippen molar-refractivity contribution in [3.05, 3.63) is 76.4 Å². The van der Waals surface area contributed by atoms with Crippen LogP contribution in [0.15, 0.2) is 71.4 Å². The maximum atomic E-state index is 4.76. The number of rotatable bonds is 5. The van der Waals surface area contributed by atoms with Crippen LogP contribution in [0.25, 0.3) is 32.9 Å². The lowest BCUT2D eigenvalue weighted by atomic mass is 10.2. The third-order valence-corrected chi connectivity index (χ3v) is 5.93. The average Bonchev–Trinajstić information content (AvgIpc) is 3.45. The number of fused-ring (bicyclic) bond motifs is 1. The Balaban J connectivity index is 1.44. The first kappa shape index (κ1) is 17.0. The molecule has 0 fully saturated rings. The van der Waals surface area contributed by atoms with Gasteiger partial charge < -0.3 is 5.32 Å². The van der Waals surface area contributed by atoms with Gasteiger partial charge in [-0.3, -0.25) is 0 Å². The van der Waals surface area contributed by atoms with Crippen molar-refractivity contribution >= 4 is 39.4 Å². The zero-order chi connectivity index (χ0) is 18.8. The molecule has 0 aliphatic heterocycles. The standard InChI is InChI=1S/C21H15N5S2/c1-2-6-14(7-3-1)21-26-25-18(28-21)12-22-20-16-8-4-5-9-17(16)23-19(24-20)15-10-11-27-13-15/h1-11,13H,12H2,(H,22,23,24). The van der Waals surface area contributed by atoms with E-state index in [1.54, 1.807) is 22.7 Å². The van der Waals surface area contributed by atoms with Gasteiger partial charge in [0.2, 0.25) is 0 Å². The van der Waals surface area contributed by atoms with Gasteiger partial charge in [0.25, 0.3) is 0 Å². The van der Waals surface area contributed by atoms with Crippen LogP contribution in [0, 0.1) is 0 Å². The van der Waals surface area contributed by atoms with E-state index in [0.29, 0.717) is 6.54 Å². The van der Waals surface area contributed by atoms with Crippen LogP contribution in [-0.2, 0) is 6.54 Å². The molecule has 3 aromatic heterocycles. The molecule has 0 aliphatic carbocycles. The van der Waals surface area contributed by atoms with Gasteiger partial charge in [0.05, 0.1) is 12.1 Å². The molecule has 5 rings (SSSR count). The Morgan fingerprint density at radius 2 is 1.68 bits per heavy atom. The van der Waals surface area contributed by atoms with E-state index in [1.807, 2.05) is 66.0 Å². The van der Waals surface area contributed by atoms with Gasteiger partial charge in [-0.15, -0.1) is 10.2 Å². The molecule has 0 bridgehead atoms. The van der Waals surface area contributed by atoms with Crippen LogP contribution >= 0.6 is 22.7 Å². The topological polar surface area (TPSA) is 63.6 Å². The lowest BCUT2D eigenvalue weighted by Gasteiger charge is -2.09. The van der Waals surface area contributed by atoms with Gasteiger partial charge in [-0.05, 0) is 23.6 Å². The van der Waals surface area contributed by atoms with Crippen LogP contribution in [-0.4, -0.2) is 20.2 Å². The summed E-state index contributed by atoms with van der Waals surface area (Å²) in [7, 11) is 0. The number of anilines is 1. The van der Waals surface area contributed by atoms with E-state index in [-0.39, 0.29) is 0 Å². The van der Waals surface area contributed by atoms with Gasteiger partial charge in [0.15, 0.2) is 5.82 Å². The van der Waals surface area contributed by atoms with Gasteiger partial charge in [0, 0.05) is 21.9 Å². The minimum Gasteiger partial charge on any atom is -0.363 e. The Bertz CT molecular complexity index is 1220. The highest BCUT2D eigenvalue weighted by Gasteiger charge is 2.11. The predicted molar refractivity (Wildman–Crippen MR) is 116 cm³/mol. The van der Waals surface area contributed by atoms with E-state index >= 15 is 0 Å². The molecule has 136 valence electrons. The SMILES string of the molecule is c1ccc(-c2nnc(CNc3nc(-c4ccsc4)nc4ccccc34)s2)cc1. The summed E-state index contributed by atoms with van der Waals surface area (Å²) in [5.74, 6) is 1.54. The molecule has 3 heterocycles. The molecule has 0 spiro atoms. The first-order valence-electron chi connectivity index (χ1n) is 8.78. The van der Waals surface area contributed by atoms with Gasteiger partial charge in [0.1, 0.15) is 15.8 Å². The Hall–Kier alpha value is -3.16. The molecule has 0 saturated carbocycles. The average molecular weight is 402 g/mol. The smallest absolute Gasteiger partial charge is 0.162 e. The normalized spacial score (nSPS) is 11.0. The molecule has 2 aromatic carbocycles. The molecule has 5 aromatic rings. The Morgan fingerprint density at radius 1 is 0.821 bits per heavy atom. The zero-order valence-corrected chi connectivity index (χ0v) is 16.4. The fraction of sp³-hybridized carbons (Fsp3) is 0.0476. The van der Waals surface area contributed by atoms with Crippen LogP contribution in [0.5, 0.6) is 0 Å². The van der Waals surface area contributed by atoms with Crippen molar-refractivity contribution in [2.24, 2.45) is 0 Å². The molecule has 28 heavy (non-hydrogen) atoms. The van der Waals surface area contributed by atoms with E-state index < -0.39 is 0 Å². The molecular weight excluding hydrogens is 386 g/mol. The van der Waals surface area contributed by atoms with Crippen LogP contribution in [0.2, 0.25) is 0 Å². The van der Waals surface area contributed by atoms with Crippen molar-refractivity contribution in [1.29, 1.82) is 0 Å². The number of benzene rings is 2. The highest BCUT2D eigenvalue weighted by atomic mass is 32.1. The van der Waals surface area contributed by atoms with Crippen molar-refractivity contribution in [1.82, 2.24) is 20.2 Å². The summed E-state index contributed by atoms with van der Waals surface area (Å²) < 4.78 is 0. The van der Waals surface area contributed by atoms with Crippen LogP contribution < -0.4 is 5.32 Å². The van der Waals surface area contributed by atoms with E-state index in [2.05, 4.69) is 20.9 Å². The van der Waals surface area contributed by atoms with Gasteiger partial charge >= 0.3 is 0 Å². The maximum Gasteiger partial charge on any atom is 0.162 e. The second-order valence-corrected chi connectivity index (χ2v) is 7.99. The number of hydrogen-bond acceptors (Lipinski definition) is 7. The summed E-state index contributed by atoms with van der Waals surface area (Å²) in [4.78, 5) is 9.47. The van der Waals surface area contributed by atoms with Crippen LogP contribution in [0.4, 0.5) is 5.82 Å². The molecule has 1 N–H and O–H groups in total. The molecule has 5 nitrogen and oxygen atoms in total. The lowest BCUT2D eigenvalue weighted by Crippen LogP contribution is -2.04. The van der Waals surface area contributed by atoms with E-state index in [1.165, 1.54) is 0 Å². The summed E-state index contributed by atoms with van der Waals surface area (Å²) in [6, 6.07) is 20.2. The number of nitrogens with zero attached hydrogens (tertiary/aromatic N) is 4. The molecule has 0 radical (unpaired) electrons. The maximum absolute atomic E-state index is 4.76. The van der Waals surface area contributed by atoms with Gasteiger partial charge in [-0.1, -0.05) is 53.8 Å². The molecule has 0 saturated heterocycles. The molecule has 0 atom stereocenters. The van der Waals surface area contributed by atoms with Crippen molar-refractivity contribution < 1.29 is 0 Å². The van der Waals surface area contributed by atoms with Crippen molar-refractivity contribution in [3.63, 3.8) is 0 Å². The molecular formula is C21H15N5S2. The van der Waals surface area contributed by atoms with E-state index in [9.17, 15) is 0 Å². The lowest BCUT2D eigenvalue weighted by molar-refractivity contribution is 0.986. The molecule has 7 heteroatoms. The van der Waals surface area contributed by atoms with Crippen molar-refractivity contribution in [2.45, 2.75) is 6.54 Å². The monoisotopic (exact) mass is 401 g/mol. The minimum absolute atomic E-state index is 0.564. The Kier molecular flexibility index (Phi) is 4.52. The van der Waals surface area contributed by atoms with Crippen LogP contribution in [0.3, 0.4) is 0 Å². The fourth-order valence-corrected chi connectivity index (χ4v) is 4.33. The summed E-state index contributed by atoms with van der Waals surface area (Å²) in [5, 5.41) is 19.0. The summed E-state index contributed by atoms with van der Waals surface area (Å²) in [6.07, 6.45) is 0.